The Morgan fingerprint density at radius 1 is 0.857 bits per heavy atom. The van der Waals surface area contributed by atoms with Crippen LogP contribution in [0, 0.1) is 0 Å². The van der Waals surface area contributed by atoms with Crippen LogP contribution in [0.15, 0.2) is 66.7 Å². The van der Waals surface area contributed by atoms with Crippen LogP contribution >= 0.6 is 23.2 Å². The lowest BCUT2D eigenvalue weighted by Gasteiger charge is -2.28. The molecule has 4 rings (SSSR count). The molecular formula is C22H16Cl2O4. The molecule has 28 heavy (non-hydrogen) atoms. The molecule has 0 radical (unpaired) electrons. The van der Waals surface area contributed by atoms with Gasteiger partial charge in [-0.15, -0.1) is 0 Å². The largest absolute Gasteiger partial charge is 0.469 e. The van der Waals surface area contributed by atoms with E-state index >= 15 is 0 Å². The number of halogens is 2. The summed E-state index contributed by atoms with van der Waals surface area (Å²) < 4.78 is 17.4. The van der Waals surface area contributed by atoms with E-state index in [4.69, 9.17) is 37.4 Å². The number of methoxy groups -OCH3 is 1. The lowest BCUT2D eigenvalue weighted by atomic mass is 9.97. The maximum atomic E-state index is 11.6. The van der Waals surface area contributed by atoms with Crippen molar-refractivity contribution in [2.45, 2.75) is 12.2 Å². The zero-order valence-electron chi connectivity index (χ0n) is 14.9. The fraction of sp³-hybridized carbons (Fsp3) is 0.136. The third kappa shape index (κ3) is 3.41. The van der Waals surface area contributed by atoms with Crippen LogP contribution in [0.4, 0.5) is 0 Å². The number of esters is 1. The van der Waals surface area contributed by atoms with Gasteiger partial charge in [-0.1, -0.05) is 29.3 Å². The van der Waals surface area contributed by atoms with Crippen LogP contribution in [0.1, 0.15) is 16.7 Å². The van der Waals surface area contributed by atoms with E-state index in [2.05, 4.69) is 0 Å². The van der Waals surface area contributed by atoms with Crippen LogP contribution in [-0.4, -0.2) is 13.1 Å². The Labute approximate surface area is 172 Å². The topological polar surface area (TPSA) is 44.8 Å². The molecule has 1 aliphatic rings. The zero-order valence-corrected chi connectivity index (χ0v) is 16.5. The summed E-state index contributed by atoms with van der Waals surface area (Å²) in [6, 6.07) is 20.0. The molecule has 6 heteroatoms. The molecule has 142 valence electrons. The van der Waals surface area contributed by atoms with Gasteiger partial charge in [0.2, 0.25) is 0 Å². The minimum absolute atomic E-state index is 0.155. The van der Waals surface area contributed by atoms with Crippen molar-refractivity contribution >= 4 is 29.2 Å². The number of carbonyl (C=O) groups excluding carboxylic acids is 1. The van der Waals surface area contributed by atoms with E-state index in [0.29, 0.717) is 21.5 Å². The molecule has 4 nitrogen and oxygen atoms in total. The number of ether oxygens (including phenoxy) is 3. The summed E-state index contributed by atoms with van der Waals surface area (Å²) in [5.41, 5.74) is 2.34. The monoisotopic (exact) mass is 414 g/mol. The van der Waals surface area contributed by atoms with Crippen LogP contribution in [0.3, 0.4) is 0 Å². The Balaban J connectivity index is 1.77. The first-order chi connectivity index (χ1) is 13.5. The highest BCUT2D eigenvalue weighted by Crippen LogP contribution is 2.48. The van der Waals surface area contributed by atoms with Gasteiger partial charge in [0, 0.05) is 21.2 Å². The van der Waals surface area contributed by atoms with Gasteiger partial charge in [-0.05, 0) is 66.2 Å². The number of rotatable bonds is 4. The summed E-state index contributed by atoms with van der Waals surface area (Å²) in [5.74, 6) is -0.369. The van der Waals surface area contributed by atoms with E-state index in [1.54, 1.807) is 36.4 Å². The summed E-state index contributed by atoms with van der Waals surface area (Å²) in [6.07, 6.45) is 0.155. The zero-order chi connectivity index (χ0) is 19.7. The molecule has 0 saturated carbocycles. The fourth-order valence-electron chi connectivity index (χ4n) is 3.14. The highest BCUT2D eigenvalue weighted by molar-refractivity contribution is 6.30. The highest BCUT2D eigenvalue weighted by Gasteiger charge is 2.45. The van der Waals surface area contributed by atoms with Crippen LogP contribution in [0.25, 0.3) is 0 Å². The molecule has 0 atom stereocenters. The van der Waals surface area contributed by atoms with Crippen molar-refractivity contribution in [1.29, 1.82) is 0 Å². The number of hydrogen-bond acceptors (Lipinski definition) is 4. The van der Waals surface area contributed by atoms with Crippen molar-refractivity contribution in [3.05, 3.63) is 93.5 Å². The average molecular weight is 415 g/mol. The number of hydrogen-bond donors (Lipinski definition) is 0. The molecular weight excluding hydrogens is 399 g/mol. The van der Waals surface area contributed by atoms with Gasteiger partial charge in [-0.3, -0.25) is 4.79 Å². The quantitative estimate of drug-likeness (QED) is 0.537. The molecule has 3 aromatic carbocycles. The van der Waals surface area contributed by atoms with Gasteiger partial charge < -0.3 is 14.2 Å². The summed E-state index contributed by atoms with van der Waals surface area (Å²) in [6.45, 7) is 0. The molecule has 1 aliphatic heterocycles. The third-order valence-electron chi connectivity index (χ3n) is 4.54. The Bertz CT molecular complexity index is 968. The molecule has 0 saturated heterocycles. The van der Waals surface area contributed by atoms with Crippen LogP contribution in [0.2, 0.25) is 10.0 Å². The normalized spacial score (nSPS) is 14.0. The standard InChI is InChI=1S/C22H16Cl2O4/c1-26-21(25)13-14-2-11-19-20(12-14)28-22(27-19,15-3-7-17(23)8-4-15)16-5-9-18(24)10-6-16/h2-12H,13H2,1H3. The van der Waals surface area contributed by atoms with Gasteiger partial charge in [-0.25, -0.2) is 0 Å². The van der Waals surface area contributed by atoms with Gasteiger partial charge in [-0.2, -0.15) is 0 Å². The molecule has 0 N–H and O–H groups in total. The smallest absolute Gasteiger partial charge is 0.309 e. The van der Waals surface area contributed by atoms with Gasteiger partial charge in [0.1, 0.15) is 0 Å². The van der Waals surface area contributed by atoms with Crippen molar-refractivity contribution in [2.24, 2.45) is 0 Å². The number of benzene rings is 3. The second kappa shape index (κ2) is 7.38. The SMILES string of the molecule is COC(=O)Cc1ccc2c(c1)OC(c1ccc(Cl)cc1)(c1ccc(Cl)cc1)O2. The lowest BCUT2D eigenvalue weighted by molar-refractivity contribution is -0.139. The summed E-state index contributed by atoms with van der Waals surface area (Å²) in [5, 5.41) is 1.23. The molecule has 3 aromatic rings. The van der Waals surface area contributed by atoms with E-state index < -0.39 is 5.79 Å². The predicted octanol–water partition coefficient (Wildman–Crippen LogP) is 5.38. The average Bonchev–Trinajstić information content (AvgIpc) is 3.08. The van der Waals surface area contributed by atoms with Crippen molar-refractivity contribution in [3.8, 4) is 11.5 Å². The van der Waals surface area contributed by atoms with E-state index in [1.165, 1.54) is 7.11 Å². The van der Waals surface area contributed by atoms with Crippen molar-refractivity contribution in [3.63, 3.8) is 0 Å². The first kappa shape index (κ1) is 18.7. The Hall–Kier alpha value is -2.69. The van der Waals surface area contributed by atoms with Crippen LogP contribution < -0.4 is 9.47 Å². The summed E-state index contributed by atoms with van der Waals surface area (Å²) in [7, 11) is 1.36. The van der Waals surface area contributed by atoms with Gasteiger partial charge in [0.15, 0.2) is 11.5 Å². The van der Waals surface area contributed by atoms with Gasteiger partial charge in [0.25, 0.3) is 0 Å². The molecule has 1 heterocycles. The molecule has 0 bridgehead atoms. The van der Waals surface area contributed by atoms with Crippen LogP contribution in [-0.2, 0) is 21.7 Å². The Morgan fingerprint density at radius 2 is 1.39 bits per heavy atom. The second-order valence-electron chi connectivity index (χ2n) is 6.37. The summed E-state index contributed by atoms with van der Waals surface area (Å²) >= 11 is 12.1. The van der Waals surface area contributed by atoms with Gasteiger partial charge in [0.05, 0.1) is 13.5 Å². The maximum Gasteiger partial charge on any atom is 0.309 e. The molecule has 0 amide bonds. The fourth-order valence-corrected chi connectivity index (χ4v) is 3.39. The Morgan fingerprint density at radius 3 is 1.93 bits per heavy atom. The van der Waals surface area contributed by atoms with E-state index in [1.807, 2.05) is 30.3 Å². The van der Waals surface area contributed by atoms with Crippen molar-refractivity contribution in [2.75, 3.05) is 7.11 Å². The first-order valence-corrected chi connectivity index (χ1v) is 9.35. The molecule has 0 aromatic heterocycles. The number of fused-ring (bicyclic) bond motifs is 1. The first-order valence-electron chi connectivity index (χ1n) is 8.60. The van der Waals surface area contributed by atoms with E-state index in [9.17, 15) is 4.79 Å². The molecule has 0 spiro atoms. The molecule has 0 fully saturated rings. The van der Waals surface area contributed by atoms with Gasteiger partial charge >= 0.3 is 11.8 Å². The van der Waals surface area contributed by atoms with Crippen LogP contribution in [0.5, 0.6) is 11.5 Å². The van der Waals surface area contributed by atoms with Crippen molar-refractivity contribution < 1.29 is 19.0 Å². The predicted molar refractivity (Wildman–Crippen MR) is 107 cm³/mol. The minimum atomic E-state index is -1.18. The third-order valence-corrected chi connectivity index (χ3v) is 5.04. The van der Waals surface area contributed by atoms with E-state index in [-0.39, 0.29) is 12.4 Å². The van der Waals surface area contributed by atoms with Crippen molar-refractivity contribution in [1.82, 2.24) is 0 Å². The molecule has 0 unspecified atom stereocenters. The molecule has 0 aliphatic carbocycles. The van der Waals surface area contributed by atoms with E-state index in [0.717, 1.165) is 16.7 Å². The highest BCUT2D eigenvalue weighted by atomic mass is 35.5. The maximum absolute atomic E-state index is 11.6. The minimum Gasteiger partial charge on any atom is -0.469 e. The summed E-state index contributed by atoms with van der Waals surface area (Å²) in [4.78, 5) is 11.6. The number of carbonyl (C=O) groups is 1. The lowest BCUT2D eigenvalue weighted by Crippen LogP contribution is -2.36. The second-order valence-corrected chi connectivity index (χ2v) is 7.24. The Kier molecular flexibility index (Phi) is 4.92.